The van der Waals surface area contributed by atoms with E-state index in [1.54, 1.807) is 6.08 Å². The number of hydrogen-bond acceptors (Lipinski definition) is 44. The first kappa shape index (κ1) is 129. The van der Waals surface area contributed by atoms with Crippen molar-refractivity contribution in [1.82, 2.24) is 21.3 Å². The molecule has 148 heavy (non-hydrogen) atoms. The van der Waals surface area contributed by atoms with Crippen LogP contribution in [0.1, 0.15) is 266 Å². The molecule has 0 spiro atoms. The van der Waals surface area contributed by atoms with Gasteiger partial charge in [-0.05, 0) is 26.2 Å². The number of aliphatic carboxylic acids is 1. The maximum atomic E-state index is 13.7. The fraction of sp³-hybridized carbons (Fsp3) is 0.929. The third kappa shape index (κ3) is 37.4. The van der Waals surface area contributed by atoms with Gasteiger partial charge < -0.3 is 220 Å². The largest absolute Gasteiger partial charge is 0.477 e. The third-order valence-corrected chi connectivity index (χ3v) is 28.8. The Morgan fingerprint density at radius 2 is 0.716 bits per heavy atom. The number of carboxylic acid groups (broad SMARTS) is 1. The number of aliphatic hydroxyl groups excluding tert-OH is 23. The summed E-state index contributed by atoms with van der Waals surface area (Å²) in [5, 5.41) is 283. The number of carbonyl (C=O) groups is 5. The molecule has 862 valence electrons. The number of ether oxygens (including phenoxy) is 16. The summed E-state index contributed by atoms with van der Waals surface area (Å²) in [6.45, 7) is -0.182. The van der Waals surface area contributed by atoms with Crippen molar-refractivity contribution in [2.45, 2.75) is 529 Å². The monoisotopic (exact) mass is 2140 g/mol. The number of carboxylic acids is 1. The van der Waals surface area contributed by atoms with Gasteiger partial charge in [-0.25, -0.2) is 4.79 Å². The molecule has 49 nitrogen and oxygen atoms in total. The summed E-state index contributed by atoms with van der Waals surface area (Å²) in [4.78, 5) is 66.3. The van der Waals surface area contributed by atoms with Crippen molar-refractivity contribution in [3.63, 3.8) is 0 Å². The average molecular weight is 2140 g/mol. The number of unbranched alkanes of at least 4 members (excludes halogenated alkanes) is 31. The lowest BCUT2D eigenvalue weighted by Gasteiger charge is -2.52. The number of amides is 4. The lowest BCUT2D eigenvalue weighted by Crippen LogP contribution is -2.72. The molecule has 8 rings (SSSR count). The number of aliphatic hydroxyl groups is 23. The Bertz CT molecular complexity index is 3740. The molecule has 0 saturated carbocycles. The highest BCUT2D eigenvalue weighted by Crippen LogP contribution is 2.43. The van der Waals surface area contributed by atoms with Crippen molar-refractivity contribution in [3.8, 4) is 0 Å². The normalized spacial score (nSPS) is 37.7. The molecule has 0 radical (unpaired) electrons. The van der Waals surface area contributed by atoms with E-state index >= 15 is 0 Å². The first-order chi connectivity index (χ1) is 70.8. The van der Waals surface area contributed by atoms with Crippen LogP contribution in [-0.2, 0) is 99.8 Å². The van der Waals surface area contributed by atoms with Crippen molar-refractivity contribution in [1.29, 1.82) is 0 Å². The quantitative estimate of drug-likeness (QED) is 0.0203. The predicted octanol–water partition coefficient (Wildman–Crippen LogP) is -4.06. The first-order valence-corrected chi connectivity index (χ1v) is 53.5. The summed E-state index contributed by atoms with van der Waals surface area (Å²) in [5.74, 6) is -8.71. The van der Waals surface area contributed by atoms with E-state index in [2.05, 4.69) is 35.1 Å². The summed E-state index contributed by atoms with van der Waals surface area (Å²) < 4.78 is 96.6. The van der Waals surface area contributed by atoms with Crippen molar-refractivity contribution < 1.29 is 222 Å². The molecule has 8 aliphatic rings. The van der Waals surface area contributed by atoms with Crippen molar-refractivity contribution >= 4 is 29.6 Å². The van der Waals surface area contributed by atoms with Crippen LogP contribution in [0.3, 0.4) is 0 Å². The topological polar surface area (TPSA) is 767 Å². The standard InChI is InChI=1S/C99H176N4O45/c1-7-9-11-13-15-17-19-21-22-23-24-25-26-27-28-30-32-34-36-38-40-42-66(117)103-56(57(114)41-39-37-35-33-31-29-20-18-16-14-12-10-8-2)51-133-93-79(127)77(125)84(64(49-109)140-93)142-96-80(128)88(72(120)60(45-105)136-96)145-91-68(101-54(5)112)75(123)83(63(48-108)138-91)141-95-81(129)89(73(121)61(46-106)135-95)146-92-69(102-55(6)113)87(144-94-78(126)76(124)70(118)52(3)134-94)85(65(50-110)139-92)143-97-82(130)90(74(122)62(47-107)137-97)148-99(98(131)132)43-58(115)67(100-53(4)111)86(147-99)71(119)59(116)44-104/h39,41,52,56-65,67-97,104-110,114-116,118-130H,7-38,40,42-51H2,1-6H3,(H,100,111)(H,101,112)(H,102,113)(H,103,117)(H,131,132)/b41-39+/t52?,56-,57+,58?,59+,60?,61?,62?,63?,64?,65?,67+,68?,69?,70+,71+,72-,73-,74-,75+,76?,77+,78-,79?,80?,81?,82?,83+,84+,85+,86?,87+,88-,89-,90-,91-,92-,93+,94+,95-,96-,97-,99-/m0/s1. The molecule has 0 aromatic heterocycles. The van der Waals surface area contributed by atoms with Gasteiger partial charge in [0.2, 0.25) is 23.6 Å². The Kier molecular flexibility index (Phi) is 57.6. The first-order valence-electron chi connectivity index (χ1n) is 53.5. The van der Waals surface area contributed by atoms with E-state index in [0.717, 1.165) is 78.6 Å². The van der Waals surface area contributed by atoms with Crippen LogP contribution in [-0.4, -0.2) is 468 Å². The Morgan fingerprint density at radius 1 is 0.365 bits per heavy atom. The fourth-order valence-electron chi connectivity index (χ4n) is 20.2. The highest BCUT2D eigenvalue weighted by molar-refractivity contribution is 5.77. The minimum absolute atomic E-state index is 0.142. The van der Waals surface area contributed by atoms with Gasteiger partial charge in [0.1, 0.15) is 183 Å². The van der Waals surface area contributed by atoms with E-state index in [1.165, 1.54) is 148 Å². The van der Waals surface area contributed by atoms with Crippen LogP contribution in [0.5, 0.6) is 0 Å². The minimum Gasteiger partial charge on any atom is -0.477 e. The van der Waals surface area contributed by atoms with E-state index in [1.807, 2.05) is 6.08 Å². The number of allylic oxidation sites excluding steroid dienone is 1. The van der Waals surface area contributed by atoms with Crippen LogP contribution in [0, 0.1) is 0 Å². The SMILES string of the molecule is CCCCCCCCCCCCC/C=C/[C@@H](O)[C@H](CO[C@@H]1OC(CO)[C@@H](O[C@@H]2OC(CO)[C@H](O)[C@H](O[C@@H]3OC(CO)[C@@H](O[C@@H]4OC(CO)[C@H](O)[C@H](O[C@@H]5OC(CO)[C@@H](O[C@@H]6OC(CO)[C@H](O)[C@H](O[C@]7(C(=O)O)CC(O)[C@@H](NC(C)=O)C([C@H](O)[C@H](O)CO)O7)C6O)[C@H](O[C@H]6OC(C)[C@@H](O)C(O)[C@@H]6O)C5NC(C)=O)C4O)[C@H](O)C3NC(C)=O)C2O)[C@H](O)C1O)NC(=O)CCCCCCCCCCCCCCCCCCCCCCC. The summed E-state index contributed by atoms with van der Waals surface area (Å²) in [7, 11) is 0. The maximum absolute atomic E-state index is 13.7. The van der Waals surface area contributed by atoms with Gasteiger partial charge in [-0.2, -0.15) is 0 Å². The van der Waals surface area contributed by atoms with Crippen LogP contribution in [0.2, 0.25) is 0 Å². The molecule has 8 heterocycles. The number of carbonyl (C=O) groups excluding carboxylic acids is 4. The van der Waals surface area contributed by atoms with Gasteiger partial charge >= 0.3 is 5.97 Å². The zero-order valence-corrected chi connectivity index (χ0v) is 86.1. The molecule has 8 saturated heterocycles. The number of hydrogen-bond donors (Lipinski definition) is 28. The summed E-state index contributed by atoms with van der Waals surface area (Å²) >= 11 is 0. The minimum atomic E-state index is -3.33. The van der Waals surface area contributed by atoms with Gasteiger partial charge in [0.15, 0.2) is 44.0 Å². The number of nitrogens with one attached hydrogen (secondary N) is 4. The fourth-order valence-corrected chi connectivity index (χ4v) is 20.2. The Morgan fingerprint density at radius 3 is 1.15 bits per heavy atom. The second-order valence-electron chi connectivity index (χ2n) is 40.5. The molecule has 0 aromatic rings. The Hall–Kier alpha value is -4.47. The molecular weight excluding hydrogens is 1970 g/mol. The molecule has 8 aliphatic heterocycles. The molecule has 0 aliphatic carbocycles. The zero-order chi connectivity index (χ0) is 109. The highest BCUT2D eigenvalue weighted by Gasteiger charge is 2.64. The summed E-state index contributed by atoms with van der Waals surface area (Å²) in [6.07, 6.45) is -39.1. The van der Waals surface area contributed by atoms with Crippen molar-refractivity contribution in [2.75, 3.05) is 52.9 Å². The Balaban J connectivity index is 0.943. The van der Waals surface area contributed by atoms with E-state index < -0.39 is 346 Å². The van der Waals surface area contributed by atoms with E-state index in [-0.39, 0.29) is 12.3 Å². The average Bonchev–Trinajstić information content (AvgIpc) is 0.748. The smallest absolute Gasteiger partial charge is 0.364 e. The molecule has 43 atom stereocenters. The van der Waals surface area contributed by atoms with Crippen LogP contribution in [0.4, 0.5) is 0 Å². The van der Waals surface area contributed by atoms with E-state index in [0.29, 0.717) is 12.8 Å². The predicted molar refractivity (Wildman–Crippen MR) is 514 cm³/mol. The van der Waals surface area contributed by atoms with Gasteiger partial charge in [-0.15, -0.1) is 0 Å². The lowest BCUT2D eigenvalue weighted by atomic mass is 9.88. The lowest BCUT2D eigenvalue weighted by molar-refractivity contribution is -0.400. The van der Waals surface area contributed by atoms with Crippen molar-refractivity contribution in [3.05, 3.63) is 12.2 Å². The molecule has 8 fully saturated rings. The van der Waals surface area contributed by atoms with Crippen LogP contribution < -0.4 is 21.3 Å². The highest BCUT2D eigenvalue weighted by atomic mass is 16.8. The zero-order valence-electron chi connectivity index (χ0n) is 86.1. The van der Waals surface area contributed by atoms with E-state index in [9.17, 15) is 147 Å². The third-order valence-electron chi connectivity index (χ3n) is 28.8. The molecule has 16 unspecified atom stereocenters. The van der Waals surface area contributed by atoms with Crippen LogP contribution in [0.15, 0.2) is 12.2 Å². The molecule has 0 bridgehead atoms. The molecule has 4 amide bonds. The maximum Gasteiger partial charge on any atom is 0.364 e. The second kappa shape index (κ2) is 66.3. The van der Waals surface area contributed by atoms with Gasteiger partial charge in [0.25, 0.3) is 5.79 Å². The van der Waals surface area contributed by atoms with Crippen LogP contribution in [0.25, 0.3) is 0 Å². The molecule has 49 heteroatoms. The van der Waals surface area contributed by atoms with Crippen molar-refractivity contribution in [2.24, 2.45) is 0 Å². The Labute approximate surface area is 864 Å². The second-order valence-corrected chi connectivity index (χ2v) is 40.5. The van der Waals surface area contributed by atoms with Crippen LogP contribution >= 0.6 is 0 Å². The summed E-state index contributed by atoms with van der Waals surface area (Å²) in [6, 6.07) is -6.92. The summed E-state index contributed by atoms with van der Waals surface area (Å²) in [5.41, 5.74) is 0. The number of rotatable bonds is 67. The molecular formula is C99H176N4O45. The molecule has 0 aromatic carbocycles. The molecule has 28 N–H and O–H groups in total. The van der Waals surface area contributed by atoms with Gasteiger partial charge in [-0.1, -0.05) is 219 Å². The van der Waals surface area contributed by atoms with E-state index in [4.69, 9.17) is 75.8 Å². The van der Waals surface area contributed by atoms with Gasteiger partial charge in [0, 0.05) is 33.6 Å². The van der Waals surface area contributed by atoms with Gasteiger partial charge in [0.05, 0.1) is 83.3 Å². The van der Waals surface area contributed by atoms with Gasteiger partial charge in [-0.3, -0.25) is 19.2 Å².